The number of nitrogens with one attached hydrogen (secondary N) is 2. The molecule has 1 aliphatic rings. The number of aromatic amines is 1. The van der Waals surface area contributed by atoms with Crippen molar-refractivity contribution in [1.29, 1.82) is 0 Å². The lowest BCUT2D eigenvalue weighted by Gasteiger charge is -2.35. The van der Waals surface area contributed by atoms with Crippen molar-refractivity contribution in [2.75, 3.05) is 18.4 Å². The molecule has 0 radical (unpaired) electrons. The monoisotopic (exact) mass is 377 g/mol. The van der Waals surface area contributed by atoms with Gasteiger partial charge in [0.25, 0.3) is 11.8 Å². The van der Waals surface area contributed by atoms with Gasteiger partial charge in [-0.2, -0.15) is 0 Å². The number of H-pyrrole nitrogens is 1. The van der Waals surface area contributed by atoms with Crippen molar-refractivity contribution < 1.29 is 14.3 Å². The maximum absolute atomic E-state index is 13.1. The number of carbonyl (C=O) groups excluding carboxylic acids is 2. The second-order valence-electron chi connectivity index (χ2n) is 7.24. The molecule has 0 aliphatic carbocycles. The van der Waals surface area contributed by atoms with E-state index in [1.807, 2.05) is 44.2 Å². The van der Waals surface area contributed by atoms with Gasteiger partial charge in [0.05, 0.1) is 23.5 Å². The van der Waals surface area contributed by atoms with Gasteiger partial charge in [0.2, 0.25) is 0 Å². The van der Waals surface area contributed by atoms with E-state index in [1.165, 1.54) is 0 Å². The number of aromatic nitrogens is 1. The Balaban J connectivity index is 1.57. The number of fused-ring (bicyclic) bond motifs is 1. The van der Waals surface area contributed by atoms with E-state index >= 15 is 0 Å². The first-order valence-corrected chi connectivity index (χ1v) is 9.44. The number of hydrogen-bond donors (Lipinski definition) is 2. The van der Waals surface area contributed by atoms with Crippen LogP contribution in [0.5, 0.6) is 0 Å². The highest BCUT2D eigenvalue weighted by atomic mass is 16.5. The summed E-state index contributed by atoms with van der Waals surface area (Å²) in [5, 5.41) is 3.85. The Morgan fingerprint density at radius 2 is 1.71 bits per heavy atom. The summed E-state index contributed by atoms with van der Waals surface area (Å²) in [7, 11) is 0. The zero-order valence-corrected chi connectivity index (χ0v) is 15.9. The van der Waals surface area contributed by atoms with Crippen LogP contribution in [0.25, 0.3) is 10.9 Å². The normalized spacial score (nSPS) is 19.6. The Kier molecular flexibility index (Phi) is 4.88. The van der Waals surface area contributed by atoms with Crippen LogP contribution < -0.4 is 5.32 Å². The number of benzene rings is 2. The van der Waals surface area contributed by atoms with E-state index in [0.717, 1.165) is 10.9 Å². The summed E-state index contributed by atoms with van der Waals surface area (Å²) in [5.41, 5.74) is 2.33. The Hall–Kier alpha value is -3.12. The van der Waals surface area contributed by atoms with Gasteiger partial charge in [-0.15, -0.1) is 0 Å². The minimum atomic E-state index is -0.278. The number of anilines is 1. The highest BCUT2D eigenvalue weighted by Crippen LogP contribution is 2.22. The van der Waals surface area contributed by atoms with Crippen molar-refractivity contribution in [2.45, 2.75) is 26.1 Å². The molecule has 0 bridgehead atoms. The summed E-state index contributed by atoms with van der Waals surface area (Å²) in [6.45, 7) is 4.99. The Bertz CT molecular complexity index is 984. The fraction of sp³-hybridized carbons (Fsp3) is 0.273. The molecule has 4 rings (SSSR count). The summed E-state index contributed by atoms with van der Waals surface area (Å²) >= 11 is 0. The van der Waals surface area contributed by atoms with Crippen molar-refractivity contribution in [3.8, 4) is 0 Å². The first kappa shape index (κ1) is 18.3. The molecule has 3 aromatic rings. The first-order valence-electron chi connectivity index (χ1n) is 9.44. The number of hydrogen-bond acceptors (Lipinski definition) is 3. The van der Waals surface area contributed by atoms with Crippen molar-refractivity contribution in [3.05, 3.63) is 65.9 Å². The van der Waals surface area contributed by atoms with Crippen LogP contribution in [0, 0.1) is 0 Å². The molecular weight excluding hydrogens is 354 g/mol. The summed E-state index contributed by atoms with van der Waals surface area (Å²) in [6, 6.07) is 16.6. The molecule has 144 valence electrons. The molecule has 2 heterocycles. The van der Waals surface area contributed by atoms with E-state index in [9.17, 15) is 9.59 Å². The average molecular weight is 377 g/mol. The fourth-order valence-corrected chi connectivity index (χ4v) is 3.68. The lowest BCUT2D eigenvalue weighted by atomic mass is 10.1. The second kappa shape index (κ2) is 7.48. The zero-order chi connectivity index (χ0) is 19.7. The predicted octanol–water partition coefficient (Wildman–Crippen LogP) is 3.67. The fourth-order valence-electron chi connectivity index (χ4n) is 3.68. The largest absolute Gasteiger partial charge is 0.372 e. The molecular formula is C22H23N3O3. The van der Waals surface area contributed by atoms with Crippen LogP contribution in [0.4, 0.5) is 5.69 Å². The summed E-state index contributed by atoms with van der Waals surface area (Å²) < 4.78 is 5.72. The molecule has 28 heavy (non-hydrogen) atoms. The summed E-state index contributed by atoms with van der Waals surface area (Å²) in [5.74, 6) is -0.380. The zero-order valence-electron chi connectivity index (χ0n) is 15.9. The van der Waals surface area contributed by atoms with Crippen LogP contribution in [0.2, 0.25) is 0 Å². The number of morpholine rings is 1. The number of nitrogens with zero attached hydrogens (tertiary/aromatic N) is 1. The molecule has 6 nitrogen and oxygen atoms in total. The van der Waals surface area contributed by atoms with Crippen LogP contribution in [-0.4, -0.2) is 47.0 Å². The molecule has 2 amide bonds. The van der Waals surface area contributed by atoms with Crippen molar-refractivity contribution in [3.63, 3.8) is 0 Å². The van der Waals surface area contributed by atoms with Crippen molar-refractivity contribution >= 4 is 28.4 Å². The third-order valence-corrected chi connectivity index (χ3v) is 4.89. The third kappa shape index (κ3) is 3.64. The van der Waals surface area contributed by atoms with Crippen LogP contribution in [0.15, 0.2) is 54.6 Å². The van der Waals surface area contributed by atoms with Crippen LogP contribution >= 0.6 is 0 Å². The molecule has 1 saturated heterocycles. The standard InChI is InChI=1S/C22H23N3O3/c1-14-12-25(13-15(2)28-14)22(27)17-8-4-6-10-19(17)24-21(26)20-11-16-7-3-5-9-18(16)23-20/h3-11,14-15,23H,12-13H2,1-2H3,(H,24,26)/t14-,15-/m1/s1. The van der Waals surface area contributed by atoms with E-state index < -0.39 is 0 Å². The third-order valence-electron chi connectivity index (χ3n) is 4.89. The van der Waals surface area contributed by atoms with Crippen LogP contribution in [0.3, 0.4) is 0 Å². The van der Waals surface area contributed by atoms with E-state index in [-0.39, 0.29) is 24.0 Å². The van der Waals surface area contributed by atoms with Gasteiger partial charge in [0, 0.05) is 24.0 Å². The number of ether oxygens (including phenoxy) is 1. The van der Waals surface area contributed by atoms with E-state index in [2.05, 4.69) is 10.3 Å². The second-order valence-corrected chi connectivity index (χ2v) is 7.24. The Labute approximate surface area is 163 Å². The van der Waals surface area contributed by atoms with Crippen LogP contribution in [-0.2, 0) is 4.74 Å². The summed E-state index contributed by atoms with van der Waals surface area (Å²) in [4.78, 5) is 30.7. The average Bonchev–Trinajstić information content (AvgIpc) is 3.11. The van der Waals surface area contributed by atoms with Gasteiger partial charge >= 0.3 is 0 Å². The van der Waals surface area contributed by atoms with Gasteiger partial charge in [-0.05, 0) is 38.1 Å². The van der Waals surface area contributed by atoms with E-state index in [4.69, 9.17) is 4.74 Å². The van der Waals surface area contributed by atoms with Crippen molar-refractivity contribution in [2.24, 2.45) is 0 Å². The molecule has 0 spiro atoms. The maximum Gasteiger partial charge on any atom is 0.272 e. The van der Waals surface area contributed by atoms with Crippen molar-refractivity contribution in [1.82, 2.24) is 9.88 Å². The molecule has 1 aliphatic heterocycles. The molecule has 6 heteroatoms. The van der Waals surface area contributed by atoms with Gasteiger partial charge in [-0.25, -0.2) is 0 Å². The molecule has 1 fully saturated rings. The molecule has 2 atom stereocenters. The first-order chi connectivity index (χ1) is 13.5. The van der Waals surface area contributed by atoms with Gasteiger partial charge in [0.15, 0.2) is 0 Å². The van der Waals surface area contributed by atoms with Gasteiger partial charge in [-0.3, -0.25) is 9.59 Å². The van der Waals surface area contributed by atoms with E-state index in [0.29, 0.717) is 30.0 Å². The molecule has 2 N–H and O–H groups in total. The van der Waals surface area contributed by atoms with E-state index in [1.54, 1.807) is 29.2 Å². The van der Waals surface area contributed by atoms with Gasteiger partial charge in [0.1, 0.15) is 5.69 Å². The Morgan fingerprint density at radius 3 is 2.46 bits per heavy atom. The van der Waals surface area contributed by atoms with Crippen LogP contribution in [0.1, 0.15) is 34.7 Å². The predicted molar refractivity (Wildman–Crippen MR) is 109 cm³/mol. The Morgan fingerprint density at radius 1 is 1.04 bits per heavy atom. The molecule has 0 unspecified atom stereocenters. The summed E-state index contributed by atoms with van der Waals surface area (Å²) in [6.07, 6.45) is -0.0263. The SMILES string of the molecule is C[C@@H]1CN(C(=O)c2ccccc2NC(=O)c2cc3ccccc3[nH]2)C[C@@H](C)O1. The molecule has 0 saturated carbocycles. The number of rotatable bonds is 3. The molecule has 1 aromatic heterocycles. The lowest BCUT2D eigenvalue weighted by molar-refractivity contribution is -0.0585. The minimum absolute atomic E-state index is 0.0131. The quantitative estimate of drug-likeness (QED) is 0.731. The van der Waals surface area contributed by atoms with Gasteiger partial charge in [-0.1, -0.05) is 30.3 Å². The number of carbonyl (C=O) groups is 2. The lowest BCUT2D eigenvalue weighted by Crippen LogP contribution is -2.48. The minimum Gasteiger partial charge on any atom is -0.372 e. The number of amides is 2. The highest BCUT2D eigenvalue weighted by molar-refractivity contribution is 6.09. The number of para-hydroxylation sites is 2. The topological polar surface area (TPSA) is 74.4 Å². The molecule has 2 aromatic carbocycles. The smallest absolute Gasteiger partial charge is 0.272 e. The highest BCUT2D eigenvalue weighted by Gasteiger charge is 2.28. The maximum atomic E-state index is 13.1. The van der Waals surface area contributed by atoms with Gasteiger partial charge < -0.3 is 19.9 Å².